The zero-order valence-corrected chi connectivity index (χ0v) is 8.18. The van der Waals surface area contributed by atoms with Crippen LogP contribution in [-0.2, 0) is 4.74 Å². The SMILES string of the molecule is O=C1OCCCN1C(=O)c1ccccc1. The average molecular weight is 205 g/mol. The minimum atomic E-state index is -0.546. The monoisotopic (exact) mass is 205 g/mol. The molecule has 0 N–H and O–H groups in total. The van der Waals surface area contributed by atoms with Crippen LogP contribution in [0.3, 0.4) is 0 Å². The number of carbonyl (C=O) groups excluding carboxylic acids is 2. The van der Waals surface area contributed by atoms with Gasteiger partial charge >= 0.3 is 6.09 Å². The maximum absolute atomic E-state index is 11.8. The van der Waals surface area contributed by atoms with Gasteiger partial charge in [-0.3, -0.25) is 4.79 Å². The second kappa shape index (κ2) is 4.13. The van der Waals surface area contributed by atoms with E-state index in [1.807, 2.05) is 6.07 Å². The van der Waals surface area contributed by atoms with Gasteiger partial charge in [0.05, 0.1) is 6.61 Å². The molecule has 2 amide bonds. The Balaban J connectivity index is 2.17. The second-order valence-corrected chi connectivity index (χ2v) is 3.29. The van der Waals surface area contributed by atoms with Crippen LogP contribution < -0.4 is 0 Å². The highest BCUT2D eigenvalue weighted by Gasteiger charge is 2.26. The molecule has 0 aliphatic carbocycles. The van der Waals surface area contributed by atoms with E-state index in [-0.39, 0.29) is 5.91 Å². The van der Waals surface area contributed by atoms with Crippen molar-refractivity contribution in [3.63, 3.8) is 0 Å². The molecule has 1 aliphatic heterocycles. The minimum Gasteiger partial charge on any atom is -0.449 e. The fraction of sp³-hybridized carbons (Fsp3) is 0.273. The van der Waals surface area contributed by atoms with Gasteiger partial charge < -0.3 is 4.74 Å². The van der Waals surface area contributed by atoms with Crippen LogP contribution in [0.4, 0.5) is 4.79 Å². The van der Waals surface area contributed by atoms with E-state index in [2.05, 4.69) is 0 Å². The number of ether oxygens (including phenoxy) is 1. The molecule has 1 heterocycles. The van der Waals surface area contributed by atoms with E-state index < -0.39 is 6.09 Å². The summed E-state index contributed by atoms with van der Waals surface area (Å²) in [6.45, 7) is 0.837. The number of hydrogen-bond acceptors (Lipinski definition) is 3. The average Bonchev–Trinajstić information content (AvgIpc) is 2.30. The quantitative estimate of drug-likeness (QED) is 0.700. The van der Waals surface area contributed by atoms with E-state index in [1.165, 1.54) is 0 Å². The van der Waals surface area contributed by atoms with Crippen molar-refractivity contribution in [1.29, 1.82) is 0 Å². The normalized spacial score (nSPS) is 16.0. The lowest BCUT2D eigenvalue weighted by molar-refractivity contribution is 0.0528. The highest BCUT2D eigenvalue weighted by molar-refractivity contribution is 6.03. The van der Waals surface area contributed by atoms with Crippen molar-refractivity contribution in [1.82, 2.24) is 4.90 Å². The molecule has 0 bridgehead atoms. The summed E-state index contributed by atoms with van der Waals surface area (Å²) in [7, 11) is 0. The first-order valence-electron chi connectivity index (χ1n) is 4.83. The molecular formula is C11H11NO3. The molecule has 4 nitrogen and oxygen atoms in total. The van der Waals surface area contributed by atoms with Gasteiger partial charge in [0.1, 0.15) is 0 Å². The summed E-state index contributed by atoms with van der Waals surface area (Å²) in [5.74, 6) is -0.291. The first-order chi connectivity index (χ1) is 7.29. The molecule has 0 atom stereocenters. The minimum absolute atomic E-state index is 0.291. The summed E-state index contributed by atoms with van der Waals surface area (Å²) < 4.78 is 4.80. The molecule has 0 saturated carbocycles. The summed E-state index contributed by atoms with van der Waals surface area (Å²) in [4.78, 5) is 24.3. The summed E-state index contributed by atoms with van der Waals surface area (Å²) in [5.41, 5.74) is 0.511. The van der Waals surface area contributed by atoms with Crippen LogP contribution in [0, 0.1) is 0 Å². The van der Waals surface area contributed by atoms with E-state index in [0.717, 1.165) is 4.90 Å². The van der Waals surface area contributed by atoms with Crippen LogP contribution in [0.1, 0.15) is 16.8 Å². The highest BCUT2D eigenvalue weighted by atomic mass is 16.6. The van der Waals surface area contributed by atoms with Crippen LogP contribution in [-0.4, -0.2) is 30.1 Å². The zero-order chi connectivity index (χ0) is 10.7. The molecule has 0 spiro atoms. The molecule has 0 aromatic heterocycles. The van der Waals surface area contributed by atoms with E-state index in [9.17, 15) is 9.59 Å². The Kier molecular flexibility index (Phi) is 2.67. The van der Waals surface area contributed by atoms with Gasteiger partial charge in [-0.15, -0.1) is 0 Å². The molecule has 1 fully saturated rings. The topological polar surface area (TPSA) is 46.6 Å². The first kappa shape index (κ1) is 9.71. The predicted molar refractivity (Wildman–Crippen MR) is 53.4 cm³/mol. The van der Waals surface area contributed by atoms with Crippen molar-refractivity contribution >= 4 is 12.0 Å². The largest absolute Gasteiger partial charge is 0.449 e. The maximum atomic E-state index is 11.8. The van der Waals surface area contributed by atoms with Crippen molar-refractivity contribution in [3.05, 3.63) is 35.9 Å². The summed E-state index contributed by atoms with van der Waals surface area (Å²) in [6, 6.07) is 8.73. The number of benzene rings is 1. The fourth-order valence-electron chi connectivity index (χ4n) is 1.47. The fourth-order valence-corrected chi connectivity index (χ4v) is 1.47. The number of imide groups is 1. The lowest BCUT2D eigenvalue weighted by Gasteiger charge is -2.24. The van der Waals surface area contributed by atoms with Gasteiger partial charge in [-0.1, -0.05) is 18.2 Å². The highest BCUT2D eigenvalue weighted by Crippen LogP contribution is 2.10. The molecule has 1 aromatic rings. The van der Waals surface area contributed by atoms with Gasteiger partial charge in [0.25, 0.3) is 5.91 Å². The molecule has 2 rings (SSSR count). The summed E-state index contributed by atoms with van der Waals surface area (Å²) in [5, 5.41) is 0. The molecule has 1 aliphatic rings. The van der Waals surface area contributed by atoms with E-state index in [4.69, 9.17) is 4.74 Å². The molecular weight excluding hydrogens is 194 g/mol. The maximum Gasteiger partial charge on any atom is 0.416 e. The van der Waals surface area contributed by atoms with E-state index in [1.54, 1.807) is 24.3 Å². The van der Waals surface area contributed by atoms with Crippen molar-refractivity contribution in [2.75, 3.05) is 13.2 Å². The van der Waals surface area contributed by atoms with E-state index in [0.29, 0.717) is 25.1 Å². The Bertz CT molecular complexity index is 375. The Hall–Kier alpha value is -1.84. The lowest BCUT2D eigenvalue weighted by Crippen LogP contribution is -2.42. The van der Waals surface area contributed by atoms with E-state index >= 15 is 0 Å². The van der Waals surface area contributed by atoms with Crippen LogP contribution in [0.15, 0.2) is 30.3 Å². The van der Waals surface area contributed by atoms with Gasteiger partial charge in [0, 0.05) is 12.1 Å². The molecule has 0 unspecified atom stereocenters. The Morgan fingerprint density at radius 2 is 2.00 bits per heavy atom. The standard InChI is InChI=1S/C11H11NO3/c13-10(9-5-2-1-3-6-9)12-7-4-8-15-11(12)14/h1-3,5-6H,4,7-8H2. The van der Waals surface area contributed by atoms with Gasteiger partial charge in [-0.2, -0.15) is 0 Å². The number of nitrogens with zero attached hydrogens (tertiary/aromatic N) is 1. The van der Waals surface area contributed by atoms with Crippen LogP contribution >= 0.6 is 0 Å². The zero-order valence-electron chi connectivity index (χ0n) is 8.18. The number of cyclic esters (lactones) is 1. The third kappa shape index (κ3) is 1.98. The molecule has 0 radical (unpaired) electrons. The van der Waals surface area contributed by atoms with Gasteiger partial charge in [0.2, 0.25) is 0 Å². The molecule has 1 saturated heterocycles. The predicted octanol–water partition coefficient (Wildman–Crippen LogP) is 1.67. The third-order valence-corrected chi connectivity index (χ3v) is 2.24. The van der Waals surface area contributed by atoms with Crippen molar-refractivity contribution in [2.24, 2.45) is 0 Å². The second-order valence-electron chi connectivity index (χ2n) is 3.29. The Labute approximate surface area is 87.4 Å². The molecule has 15 heavy (non-hydrogen) atoms. The van der Waals surface area contributed by atoms with Crippen LogP contribution in [0.25, 0.3) is 0 Å². The molecule has 78 valence electrons. The summed E-state index contributed by atoms with van der Waals surface area (Å²) >= 11 is 0. The lowest BCUT2D eigenvalue weighted by atomic mass is 10.2. The third-order valence-electron chi connectivity index (χ3n) is 2.24. The number of amides is 2. The Morgan fingerprint density at radius 3 is 2.67 bits per heavy atom. The van der Waals surface area contributed by atoms with Gasteiger partial charge in [-0.05, 0) is 18.6 Å². The Morgan fingerprint density at radius 1 is 1.27 bits per heavy atom. The van der Waals surface area contributed by atoms with Crippen LogP contribution in [0.2, 0.25) is 0 Å². The molecule has 4 heteroatoms. The van der Waals surface area contributed by atoms with Crippen molar-refractivity contribution in [3.8, 4) is 0 Å². The number of rotatable bonds is 1. The summed E-state index contributed by atoms with van der Waals surface area (Å²) in [6.07, 6.45) is 0.153. The van der Waals surface area contributed by atoms with Gasteiger partial charge in [-0.25, -0.2) is 9.69 Å². The molecule has 1 aromatic carbocycles. The first-order valence-corrected chi connectivity index (χ1v) is 4.83. The number of carbonyl (C=O) groups is 2. The van der Waals surface area contributed by atoms with Crippen molar-refractivity contribution in [2.45, 2.75) is 6.42 Å². The smallest absolute Gasteiger partial charge is 0.416 e. The van der Waals surface area contributed by atoms with Gasteiger partial charge in [0.15, 0.2) is 0 Å². The van der Waals surface area contributed by atoms with Crippen molar-refractivity contribution < 1.29 is 14.3 Å². The van der Waals surface area contributed by atoms with Crippen LogP contribution in [0.5, 0.6) is 0 Å². The number of hydrogen-bond donors (Lipinski definition) is 0.